The molecule has 0 fully saturated rings. The van der Waals surface area contributed by atoms with Gasteiger partial charge in [-0.1, -0.05) is 0 Å². The molecule has 0 bridgehead atoms. The number of nitrogens with zero attached hydrogens (tertiary/aromatic N) is 1. The van der Waals surface area contributed by atoms with Crippen LogP contribution in [-0.2, 0) is 4.74 Å². The molecule has 0 saturated carbocycles. The number of benzene rings is 1. The van der Waals surface area contributed by atoms with E-state index in [2.05, 4.69) is 0 Å². The van der Waals surface area contributed by atoms with Gasteiger partial charge in [0.25, 0.3) is 0 Å². The van der Waals surface area contributed by atoms with Gasteiger partial charge in [-0.2, -0.15) is 5.26 Å². The summed E-state index contributed by atoms with van der Waals surface area (Å²) in [5.41, 5.74) is 0.607. The Kier molecular flexibility index (Phi) is 4.61. The molecule has 0 radical (unpaired) electrons. The van der Waals surface area contributed by atoms with Crippen LogP contribution in [0.3, 0.4) is 0 Å². The Morgan fingerprint density at radius 3 is 2.06 bits per heavy atom. The number of ether oxygens (including phenoxy) is 4. The van der Waals surface area contributed by atoms with Crippen LogP contribution in [0.5, 0.6) is 17.2 Å². The van der Waals surface area contributed by atoms with Crippen molar-refractivity contribution in [2.24, 2.45) is 0 Å². The second-order valence-electron chi connectivity index (χ2n) is 3.17. The highest BCUT2D eigenvalue weighted by Crippen LogP contribution is 2.42. The third kappa shape index (κ3) is 2.43. The average molecular weight is 237 g/mol. The van der Waals surface area contributed by atoms with E-state index in [9.17, 15) is 0 Å². The van der Waals surface area contributed by atoms with Gasteiger partial charge in [-0.05, 0) is 12.1 Å². The smallest absolute Gasteiger partial charge is 0.203 e. The molecule has 5 heteroatoms. The topological polar surface area (TPSA) is 60.7 Å². The van der Waals surface area contributed by atoms with E-state index in [1.165, 1.54) is 28.4 Å². The van der Waals surface area contributed by atoms with Crippen molar-refractivity contribution in [3.63, 3.8) is 0 Å². The van der Waals surface area contributed by atoms with Crippen LogP contribution in [0.25, 0.3) is 0 Å². The Hall–Kier alpha value is -1.93. The molecular formula is C12H15NO4. The van der Waals surface area contributed by atoms with E-state index in [0.717, 1.165) is 0 Å². The Morgan fingerprint density at radius 2 is 1.65 bits per heavy atom. The van der Waals surface area contributed by atoms with Crippen molar-refractivity contribution >= 4 is 0 Å². The van der Waals surface area contributed by atoms with E-state index in [-0.39, 0.29) is 0 Å². The first-order valence-electron chi connectivity index (χ1n) is 4.94. The fourth-order valence-electron chi connectivity index (χ4n) is 1.58. The standard InChI is InChI=1S/C12H15NO4/c1-14-9-6-5-8(10(7-13)15-2)11(16-3)12(9)17-4/h5-6,10H,1-4H3. The summed E-state index contributed by atoms with van der Waals surface area (Å²) in [6.07, 6.45) is -0.704. The minimum atomic E-state index is -0.704. The SMILES string of the molecule is COc1ccc(C(C#N)OC)c(OC)c1OC. The largest absolute Gasteiger partial charge is 0.493 e. The van der Waals surface area contributed by atoms with E-state index in [0.29, 0.717) is 22.8 Å². The van der Waals surface area contributed by atoms with Gasteiger partial charge < -0.3 is 18.9 Å². The molecule has 1 aromatic carbocycles. The zero-order chi connectivity index (χ0) is 12.8. The molecule has 0 amide bonds. The van der Waals surface area contributed by atoms with Crippen molar-refractivity contribution in [2.75, 3.05) is 28.4 Å². The molecule has 1 aromatic rings. The lowest BCUT2D eigenvalue weighted by atomic mass is 10.1. The molecule has 1 atom stereocenters. The summed E-state index contributed by atoms with van der Waals surface area (Å²) in [5.74, 6) is 1.44. The van der Waals surface area contributed by atoms with Crippen LogP contribution in [0.4, 0.5) is 0 Å². The van der Waals surface area contributed by atoms with Gasteiger partial charge in [-0.15, -0.1) is 0 Å². The predicted octanol–water partition coefficient (Wildman–Crippen LogP) is 1.92. The first-order chi connectivity index (χ1) is 8.23. The summed E-state index contributed by atoms with van der Waals surface area (Å²) in [7, 11) is 6.02. The van der Waals surface area contributed by atoms with Gasteiger partial charge in [0.15, 0.2) is 17.6 Å². The van der Waals surface area contributed by atoms with Crippen LogP contribution in [-0.4, -0.2) is 28.4 Å². The van der Waals surface area contributed by atoms with Crippen molar-refractivity contribution in [3.8, 4) is 23.3 Å². The molecule has 0 aromatic heterocycles. The normalized spacial score (nSPS) is 11.5. The number of nitriles is 1. The highest BCUT2D eigenvalue weighted by atomic mass is 16.5. The first kappa shape index (κ1) is 13.1. The van der Waals surface area contributed by atoms with Gasteiger partial charge in [0.05, 0.1) is 27.4 Å². The van der Waals surface area contributed by atoms with Crippen LogP contribution in [0, 0.1) is 11.3 Å². The third-order valence-electron chi connectivity index (χ3n) is 2.37. The molecule has 0 aliphatic rings. The fraction of sp³-hybridized carbons (Fsp3) is 0.417. The van der Waals surface area contributed by atoms with Gasteiger partial charge in [0.1, 0.15) is 0 Å². The van der Waals surface area contributed by atoms with Crippen LogP contribution in [0.15, 0.2) is 12.1 Å². The van der Waals surface area contributed by atoms with Crippen molar-refractivity contribution in [3.05, 3.63) is 17.7 Å². The second kappa shape index (κ2) is 5.97. The number of hydrogen-bond acceptors (Lipinski definition) is 5. The molecule has 1 unspecified atom stereocenters. The third-order valence-corrected chi connectivity index (χ3v) is 2.37. The summed E-state index contributed by atoms with van der Waals surface area (Å²) < 4.78 is 20.7. The molecule has 0 spiro atoms. The lowest BCUT2D eigenvalue weighted by molar-refractivity contribution is 0.145. The van der Waals surface area contributed by atoms with Gasteiger partial charge in [0, 0.05) is 12.7 Å². The summed E-state index contributed by atoms with van der Waals surface area (Å²) in [6.45, 7) is 0. The van der Waals surface area contributed by atoms with Crippen molar-refractivity contribution in [1.82, 2.24) is 0 Å². The van der Waals surface area contributed by atoms with Crippen LogP contribution >= 0.6 is 0 Å². The van der Waals surface area contributed by atoms with Crippen molar-refractivity contribution < 1.29 is 18.9 Å². The predicted molar refractivity (Wildman–Crippen MR) is 61.5 cm³/mol. The van der Waals surface area contributed by atoms with E-state index >= 15 is 0 Å². The quantitative estimate of drug-likeness (QED) is 0.783. The van der Waals surface area contributed by atoms with Crippen LogP contribution in [0.2, 0.25) is 0 Å². The highest BCUT2D eigenvalue weighted by molar-refractivity contribution is 5.57. The lowest BCUT2D eigenvalue weighted by Gasteiger charge is -2.17. The molecule has 92 valence electrons. The van der Waals surface area contributed by atoms with E-state index in [1.54, 1.807) is 12.1 Å². The fourth-order valence-corrected chi connectivity index (χ4v) is 1.58. The summed E-state index contributed by atoms with van der Waals surface area (Å²) >= 11 is 0. The second-order valence-corrected chi connectivity index (χ2v) is 3.17. The highest BCUT2D eigenvalue weighted by Gasteiger charge is 2.21. The monoisotopic (exact) mass is 237 g/mol. The van der Waals surface area contributed by atoms with Gasteiger partial charge in [-0.25, -0.2) is 0 Å². The summed E-state index contributed by atoms with van der Waals surface area (Å²) in [4.78, 5) is 0. The van der Waals surface area contributed by atoms with Crippen molar-refractivity contribution in [2.45, 2.75) is 6.10 Å². The molecule has 0 N–H and O–H groups in total. The Balaban J connectivity index is 3.38. The van der Waals surface area contributed by atoms with Crippen molar-refractivity contribution in [1.29, 1.82) is 5.26 Å². The lowest BCUT2D eigenvalue weighted by Crippen LogP contribution is -2.04. The maximum atomic E-state index is 8.99. The minimum Gasteiger partial charge on any atom is -0.493 e. The molecule has 0 aliphatic carbocycles. The maximum Gasteiger partial charge on any atom is 0.203 e. The summed E-state index contributed by atoms with van der Waals surface area (Å²) in [6, 6.07) is 5.46. The zero-order valence-corrected chi connectivity index (χ0v) is 10.3. The molecule has 5 nitrogen and oxygen atoms in total. The maximum absolute atomic E-state index is 8.99. The van der Waals surface area contributed by atoms with Gasteiger partial charge >= 0.3 is 0 Å². The molecule has 1 rings (SSSR count). The molecule has 0 saturated heterocycles. The van der Waals surface area contributed by atoms with E-state index in [4.69, 9.17) is 24.2 Å². The van der Waals surface area contributed by atoms with E-state index in [1.807, 2.05) is 6.07 Å². The summed E-state index contributed by atoms with van der Waals surface area (Å²) in [5, 5.41) is 8.99. The Labute approximate surface area is 100 Å². The number of methoxy groups -OCH3 is 4. The molecule has 0 aliphatic heterocycles. The molecule has 0 heterocycles. The number of rotatable bonds is 5. The zero-order valence-electron chi connectivity index (χ0n) is 10.3. The molecule has 17 heavy (non-hydrogen) atoms. The molecular weight excluding hydrogens is 222 g/mol. The van der Waals surface area contributed by atoms with Crippen LogP contribution in [0.1, 0.15) is 11.7 Å². The van der Waals surface area contributed by atoms with Gasteiger partial charge in [0.2, 0.25) is 5.75 Å². The minimum absolute atomic E-state index is 0.445. The number of hydrogen-bond donors (Lipinski definition) is 0. The van der Waals surface area contributed by atoms with Crippen LogP contribution < -0.4 is 14.2 Å². The van der Waals surface area contributed by atoms with E-state index < -0.39 is 6.10 Å². The van der Waals surface area contributed by atoms with Gasteiger partial charge in [-0.3, -0.25) is 0 Å². The Bertz CT molecular complexity index is 425. The Morgan fingerprint density at radius 1 is 1.00 bits per heavy atom. The average Bonchev–Trinajstić information content (AvgIpc) is 2.39. The first-order valence-corrected chi connectivity index (χ1v) is 4.94.